The summed E-state index contributed by atoms with van der Waals surface area (Å²) in [5.41, 5.74) is 1.04. The van der Waals surface area contributed by atoms with Gasteiger partial charge >= 0.3 is 0 Å². The van der Waals surface area contributed by atoms with Gasteiger partial charge in [0.1, 0.15) is 11.5 Å². The number of nitrogens with zero attached hydrogens (tertiary/aromatic N) is 1. The smallest absolute Gasteiger partial charge is 0.269 e. The number of halogens is 1. The molecule has 1 unspecified atom stereocenters. The summed E-state index contributed by atoms with van der Waals surface area (Å²) in [5, 5.41) is 5.51. The molecule has 0 bridgehead atoms. The summed E-state index contributed by atoms with van der Waals surface area (Å²) in [6.07, 6.45) is 3.79. The molecule has 0 aliphatic carbocycles. The summed E-state index contributed by atoms with van der Waals surface area (Å²) >= 11 is 0. The minimum absolute atomic E-state index is 0.0527. The minimum Gasteiger partial charge on any atom is -0.376 e. The molecule has 1 aromatic heterocycles. The molecule has 1 fully saturated rings. The highest BCUT2D eigenvalue weighted by molar-refractivity contribution is 5.98. The number of pyridine rings is 1. The van der Waals surface area contributed by atoms with Crippen molar-refractivity contribution in [2.24, 2.45) is 0 Å². The molecule has 1 aliphatic rings. The largest absolute Gasteiger partial charge is 0.376 e. The van der Waals surface area contributed by atoms with Gasteiger partial charge in [-0.05, 0) is 43.0 Å². The highest BCUT2D eigenvalue weighted by Gasteiger charge is 2.17. The second-order valence-electron chi connectivity index (χ2n) is 6.37. The van der Waals surface area contributed by atoms with Gasteiger partial charge in [0.05, 0.1) is 6.10 Å². The predicted molar refractivity (Wildman–Crippen MR) is 98.0 cm³/mol. The second-order valence-corrected chi connectivity index (χ2v) is 6.37. The van der Waals surface area contributed by atoms with E-state index in [2.05, 4.69) is 15.6 Å². The Morgan fingerprint density at radius 2 is 2.04 bits per heavy atom. The molecule has 2 N–H and O–H groups in total. The van der Waals surface area contributed by atoms with Gasteiger partial charge in [-0.15, -0.1) is 0 Å². The Bertz CT molecular complexity index is 807. The predicted octanol–water partition coefficient (Wildman–Crippen LogP) is 2.10. The number of carbonyl (C=O) groups is 2. The highest BCUT2D eigenvalue weighted by atomic mass is 19.1. The van der Waals surface area contributed by atoms with Crippen LogP contribution in [0, 0.1) is 5.82 Å². The van der Waals surface area contributed by atoms with Gasteiger partial charge in [-0.1, -0.05) is 18.2 Å². The topological polar surface area (TPSA) is 80.3 Å². The van der Waals surface area contributed by atoms with E-state index in [4.69, 9.17) is 4.74 Å². The zero-order valence-electron chi connectivity index (χ0n) is 14.9. The Balaban J connectivity index is 1.51. The number of ether oxygens (including phenoxy) is 1. The van der Waals surface area contributed by atoms with Gasteiger partial charge in [0, 0.05) is 31.5 Å². The molecule has 2 amide bonds. The van der Waals surface area contributed by atoms with Crippen molar-refractivity contribution in [2.75, 3.05) is 19.7 Å². The number of carbonyl (C=O) groups excluding carboxylic acids is 2. The van der Waals surface area contributed by atoms with Crippen LogP contribution in [-0.2, 0) is 11.2 Å². The molecule has 1 atom stereocenters. The molecule has 0 spiro atoms. The van der Waals surface area contributed by atoms with E-state index in [1.807, 2.05) is 0 Å². The Hall–Kier alpha value is -2.80. The van der Waals surface area contributed by atoms with Gasteiger partial charge in [0.2, 0.25) is 0 Å². The van der Waals surface area contributed by atoms with Crippen LogP contribution in [0.1, 0.15) is 39.3 Å². The molecule has 1 aliphatic heterocycles. The monoisotopic (exact) mass is 371 g/mol. The lowest BCUT2D eigenvalue weighted by Gasteiger charge is -2.11. The summed E-state index contributed by atoms with van der Waals surface area (Å²) in [6, 6.07) is 9.44. The Morgan fingerprint density at radius 3 is 2.81 bits per heavy atom. The van der Waals surface area contributed by atoms with Crippen molar-refractivity contribution >= 4 is 11.8 Å². The maximum atomic E-state index is 13.6. The Kier molecular flexibility index (Phi) is 6.49. The van der Waals surface area contributed by atoms with Crippen molar-refractivity contribution in [3.05, 3.63) is 65.2 Å². The summed E-state index contributed by atoms with van der Waals surface area (Å²) < 4.78 is 19.1. The number of hydrogen-bond donors (Lipinski definition) is 2. The molecule has 1 saturated heterocycles. The molecule has 2 heterocycles. The van der Waals surface area contributed by atoms with Crippen LogP contribution in [0.3, 0.4) is 0 Å². The molecule has 2 aromatic rings. The zero-order chi connectivity index (χ0) is 19.1. The fourth-order valence-corrected chi connectivity index (χ4v) is 2.91. The first-order valence-corrected chi connectivity index (χ1v) is 9.01. The quantitative estimate of drug-likeness (QED) is 0.781. The summed E-state index contributed by atoms with van der Waals surface area (Å²) in [4.78, 5) is 28.5. The molecule has 7 heteroatoms. The molecule has 0 saturated carbocycles. The fraction of sp³-hybridized carbons (Fsp3) is 0.350. The highest BCUT2D eigenvalue weighted by Crippen LogP contribution is 2.11. The summed E-state index contributed by atoms with van der Waals surface area (Å²) in [6.45, 7) is 1.45. The number of hydrogen-bond acceptors (Lipinski definition) is 4. The maximum Gasteiger partial charge on any atom is 0.269 e. The lowest BCUT2D eigenvalue weighted by Crippen LogP contribution is -2.32. The lowest BCUT2D eigenvalue weighted by molar-refractivity contribution is 0.0857. The van der Waals surface area contributed by atoms with Crippen molar-refractivity contribution in [1.82, 2.24) is 15.6 Å². The molecular weight excluding hydrogens is 349 g/mol. The SMILES string of the molecule is O=C(NCC1CCCO1)c1ccnc(C(=O)NCCc2ccccc2F)c1. The molecule has 27 heavy (non-hydrogen) atoms. The van der Waals surface area contributed by atoms with E-state index in [0.717, 1.165) is 19.4 Å². The second kappa shape index (κ2) is 9.23. The third-order valence-corrected chi connectivity index (χ3v) is 4.41. The standard InChI is InChI=1S/C20H22FN3O3/c21-17-6-2-1-4-14(17)7-10-23-20(26)18-12-15(8-9-22-18)19(25)24-13-16-5-3-11-27-16/h1-2,4,6,8-9,12,16H,3,5,7,10-11,13H2,(H,23,26)(H,24,25). The molecule has 0 radical (unpaired) electrons. The van der Waals surface area contributed by atoms with Gasteiger partial charge in [0.25, 0.3) is 11.8 Å². The van der Waals surface area contributed by atoms with Gasteiger partial charge in [-0.25, -0.2) is 4.39 Å². The van der Waals surface area contributed by atoms with Crippen molar-refractivity contribution in [2.45, 2.75) is 25.4 Å². The molecule has 1 aromatic carbocycles. The summed E-state index contributed by atoms with van der Waals surface area (Å²) in [5.74, 6) is -0.969. The molecule has 142 valence electrons. The van der Waals surface area contributed by atoms with Crippen LogP contribution < -0.4 is 10.6 Å². The van der Waals surface area contributed by atoms with Gasteiger partial charge < -0.3 is 15.4 Å². The molecule has 3 rings (SSSR count). The van der Waals surface area contributed by atoms with Crippen LogP contribution in [-0.4, -0.2) is 42.6 Å². The Morgan fingerprint density at radius 1 is 1.19 bits per heavy atom. The number of nitrogens with one attached hydrogen (secondary N) is 2. The van der Waals surface area contributed by atoms with Crippen LogP contribution in [0.2, 0.25) is 0 Å². The van der Waals surface area contributed by atoms with E-state index in [0.29, 0.717) is 24.1 Å². The minimum atomic E-state index is -0.403. The average Bonchev–Trinajstić information content (AvgIpc) is 3.21. The molecular formula is C20H22FN3O3. The van der Waals surface area contributed by atoms with E-state index in [-0.39, 0.29) is 30.1 Å². The van der Waals surface area contributed by atoms with Crippen LogP contribution in [0.5, 0.6) is 0 Å². The van der Waals surface area contributed by atoms with E-state index in [1.165, 1.54) is 18.3 Å². The van der Waals surface area contributed by atoms with Crippen molar-refractivity contribution in [1.29, 1.82) is 0 Å². The van der Waals surface area contributed by atoms with Crippen molar-refractivity contribution in [3.63, 3.8) is 0 Å². The van der Waals surface area contributed by atoms with Crippen molar-refractivity contribution in [3.8, 4) is 0 Å². The number of amides is 2. The third kappa shape index (κ3) is 5.34. The molecule has 6 nitrogen and oxygen atoms in total. The van der Waals surface area contributed by atoms with Crippen LogP contribution in [0.25, 0.3) is 0 Å². The van der Waals surface area contributed by atoms with Crippen LogP contribution >= 0.6 is 0 Å². The van der Waals surface area contributed by atoms with Crippen molar-refractivity contribution < 1.29 is 18.7 Å². The van der Waals surface area contributed by atoms with Gasteiger partial charge in [-0.2, -0.15) is 0 Å². The first-order valence-electron chi connectivity index (χ1n) is 9.01. The first kappa shape index (κ1) is 19.0. The van der Waals surface area contributed by atoms with Crippen LogP contribution in [0.4, 0.5) is 4.39 Å². The number of benzene rings is 1. The average molecular weight is 371 g/mol. The zero-order valence-corrected chi connectivity index (χ0v) is 14.9. The van der Waals surface area contributed by atoms with Crippen LogP contribution in [0.15, 0.2) is 42.6 Å². The van der Waals surface area contributed by atoms with E-state index in [9.17, 15) is 14.0 Å². The fourth-order valence-electron chi connectivity index (χ4n) is 2.91. The Labute approximate surface area is 157 Å². The van der Waals surface area contributed by atoms with Gasteiger partial charge in [0.15, 0.2) is 0 Å². The normalized spacial score (nSPS) is 16.1. The van der Waals surface area contributed by atoms with Gasteiger partial charge in [-0.3, -0.25) is 14.6 Å². The van der Waals surface area contributed by atoms with E-state index in [1.54, 1.807) is 24.3 Å². The third-order valence-electron chi connectivity index (χ3n) is 4.41. The number of aromatic nitrogens is 1. The first-order chi connectivity index (χ1) is 13.1. The van der Waals surface area contributed by atoms with E-state index < -0.39 is 5.91 Å². The number of rotatable bonds is 7. The van der Waals surface area contributed by atoms with E-state index >= 15 is 0 Å². The summed E-state index contributed by atoms with van der Waals surface area (Å²) in [7, 11) is 0. The lowest BCUT2D eigenvalue weighted by atomic mass is 10.1. The maximum absolute atomic E-state index is 13.6.